The number of aliphatic carboxylic acids is 1. The van der Waals surface area contributed by atoms with E-state index in [1.807, 2.05) is 6.92 Å². The molecule has 0 saturated carbocycles. The molecule has 1 aromatic carbocycles. The quantitative estimate of drug-likeness (QED) is 0.796. The maximum absolute atomic E-state index is 13.0. The van der Waals surface area contributed by atoms with Gasteiger partial charge in [-0.3, -0.25) is 9.59 Å². The van der Waals surface area contributed by atoms with E-state index in [0.717, 1.165) is 0 Å². The largest absolute Gasteiger partial charge is 0.481 e. The van der Waals surface area contributed by atoms with E-state index in [2.05, 4.69) is 0 Å². The van der Waals surface area contributed by atoms with E-state index < -0.39 is 21.9 Å². The van der Waals surface area contributed by atoms with Crippen LogP contribution in [0.15, 0.2) is 23.1 Å². The van der Waals surface area contributed by atoms with Gasteiger partial charge in [-0.05, 0) is 44.4 Å². The summed E-state index contributed by atoms with van der Waals surface area (Å²) in [6, 6.07) is 4.57. The first kappa shape index (κ1) is 21.4. The van der Waals surface area contributed by atoms with E-state index in [4.69, 9.17) is 0 Å². The molecule has 1 aromatic rings. The van der Waals surface area contributed by atoms with Crippen LogP contribution in [0.2, 0.25) is 0 Å². The normalized spacial score (nSPS) is 20.7. The van der Waals surface area contributed by atoms with Crippen molar-refractivity contribution in [2.75, 3.05) is 19.6 Å². The third kappa shape index (κ3) is 4.32. The van der Waals surface area contributed by atoms with Crippen molar-refractivity contribution in [2.24, 2.45) is 5.92 Å². The van der Waals surface area contributed by atoms with E-state index in [-0.39, 0.29) is 29.0 Å². The number of aryl methyl sites for hydroxylation is 1. The highest BCUT2D eigenvalue weighted by atomic mass is 32.2. The van der Waals surface area contributed by atoms with E-state index in [0.29, 0.717) is 31.5 Å². The van der Waals surface area contributed by atoms with Gasteiger partial charge < -0.3 is 10.0 Å². The van der Waals surface area contributed by atoms with Gasteiger partial charge in [-0.1, -0.05) is 19.9 Å². The Morgan fingerprint density at radius 1 is 1.22 bits per heavy atom. The number of sulfonamides is 1. The molecule has 150 valence electrons. The number of carbonyl (C=O) groups excluding carboxylic acids is 1. The summed E-state index contributed by atoms with van der Waals surface area (Å²) >= 11 is 0. The smallest absolute Gasteiger partial charge is 0.308 e. The van der Waals surface area contributed by atoms with Gasteiger partial charge in [0, 0.05) is 31.2 Å². The van der Waals surface area contributed by atoms with Crippen LogP contribution < -0.4 is 0 Å². The molecule has 1 aliphatic rings. The Kier molecular flexibility index (Phi) is 6.64. The van der Waals surface area contributed by atoms with Crippen LogP contribution in [0, 0.1) is 12.8 Å². The Balaban J connectivity index is 2.39. The molecule has 0 aliphatic carbocycles. The number of piperidine rings is 1. The summed E-state index contributed by atoms with van der Waals surface area (Å²) in [5, 5.41) is 9.27. The zero-order valence-electron chi connectivity index (χ0n) is 16.3. The van der Waals surface area contributed by atoms with Crippen molar-refractivity contribution in [1.82, 2.24) is 9.21 Å². The second-order valence-corrected chi connectivity index (χ2v) is 8.90. The van der Waals surface area contributed by atoms with Gasteiger partial charge in [0.05, 0.1) is 10.8 Å². The number of benzene rings is 1. The molecule has 2 unspecified atom stereocenters. The van der Waals surface area contributed by atoms with Crippen LogP contribution in [0.1, 0.15) is 49.5 Å². The van der Waals surface area contributed by atoms with E-state index in [1.165, 1.54) is 10.4 Å². The Bertz CT molecular complexity index is 817. The molecule has 0 spiro atoms. The summed E-state index contributed by atoms with van der Waals surface area (Å²) in [6.07, 6.45) is 1.15. The predicted molar refractivity (Wildman–Crippen MR) is 102 cm³/mol. The number of nitrogens with zero attached hydrogens (tertiary/aromatic N) is 2. The van der Waals surface area contributed by atoms with Crippen molar-refractivity contribution in [3.8, 4) is 0 Å². The SMILES string of the molecule is CCN(CC)S(=O)(=O)c1cc(C(=O)N2CC(C(=O)O)CCC2C)ccc1C. The number of amides is 1. The Morgan fingerprint density at radius 3 is 2.41 bits per heavy atom. The van der Waals surface area contributed by atoms with Gasteiger partial charge in [0.15, 0.2) is 0 Å². The van der Waals surface area contributed by atoms with E-state index >= 15 is 0 Å². The zero-order valence-corrected chi connectivity index (χ0v) is 17.1. The topological polar surface area (TPSA) is 95.0 Å². The second kappa shape index (κ2) is 8.39. The zero-order chi connectivity index (χ0) is 20.4. The number of carboxylic acid groups (broad SMARTS) is 1. The molecular formula is C19H28N2O5S. The Hall–Kier alpha value is -1.93. The lowest BCUT2D eigenvalue weighted by Gasteiger charge is -2.36. The molecule has 1 fully saturated rings. The number of rotatable bonds is 6. The van der Waals surface area contributed by atoms with Gasteiger partial charge >= 0.3 is 5.97 Å². The van der Waals surface area contributed by atoms with Crippen LogP contribution in [-0.4, -0.2) is 60.3 Å². The van der Waals surface area contributed by atoms with Gasteiger partial charge in [0.2, 0.25) is 10.0 Å². The van der Waals surface area contributed by atoms with Crippen LogP contribution in [0.3, 0.4) is 0 Å². The summed E-state index contributed by atoms with van der Waals surface area (Å²) in [7, 11) is -3.69. The molecule has 0 radical (unpaired) electrons. The first-order valence-corrected chi connectivity index (χ1v) is 10.7. The molecule has 1 heterocycles. The average Bonchev–Trinajstić information content (AvgIpc) is 2.62. The standard InChI is InChI=1S/C19H28N2O5S/c1-5-20(6-2)27(25,26)17-11-15(9-7-13(17)3)18(22)21-12-16(19(23)24)10-8-14(21)4/h7,9,11,14,16H,5-6,8,10,12H2,1-4H3,(H,23,24). The first-order chi connectivity index (χ1) is 12.6. The maximum Gasteiger partial charge on any atom is 0.308 e. The van der Waals surface area contributed by atoms with Crippen molar-refractivity contribution in [3.05, 3.63) is 29.3 Å². The average molecular weight is 397 g/mol. The number of carbonyl (C=O) groups is 2. The summed E-state index contributed by atoms with van der Waals surface area (Å²) in [4.78, 5) is 26.0. The summed E-state index contributed by atoms with van der Waals surface area (Å²) in [6.45, 7) is 7.97. The minimum atomic E-state index is -3.69. The van der Waals surface area contributed by atoms with Crippen LogP contribution in [-0.2, 0) is 14.8 Å². The van der Waals surface area contributed by atoms with E-state index in [9.17, 15) is 23.1 Å². The van der Waals surface area contributed by atoms with Crippen LogP contribution in [0.4, 0.5) is 0 Å². The molecule has 0 aromatic heterocycles. The van der Waals surface area contributed by atoms with Gasteiger partial charge in [-0.25, -0.2) is 8.42 Å². The van der Waals surface area contributed by atoms with Gasteiger partial charge in [-0.15, -0.1) is 0 Å². The van der Waals surface area contributed by atoms with Crippen molar-refractivity contribution in [3.63, 3.8) is 0 Å². The lowest BCUT2D eigenvalue weighted by atomic mass is 9.93. The molecular weight excluding hydrogens is 368 g/mol. The van der Waals surface area contributed by atoms with Crippen molar-refractivity contribution in [1.29, 1.82) is 0 Å². The molecule has 1 saturated heterocycles. The predicted octanol–water partition coefficient (Wildman–Crippen LogP) is 2.35. The van der Waals surface area contributed by atoms with E-state index in [1.54, 1.807) is 37.8 Å². The van der Waals surface area contributed by atoms with Crippen molar-refractivity contribution >= 4 is 21.9 Å². The van der Waals surface area contributed by atoms with Crippen LogP contribution in [0.5, 0.6) is 0 Å². The fraction of sp³-hybridized carbons (Fsp3) is 0.579. The first-order valence-electron chi connectivity index (χ1n) is 9.28. The number of likely N-dealkylation sites (tertiary alicyclic amines) is 1. The molecule has 0 bridgehead atoms. The van der Waals surface area contributed by atoms with Crippen molar-refractivity contribution in [2.45, 2.75) is 51.5 Å². The lowest BCUT2D eigenvalue weighted by molar-refractivity contribution is -0.143. The molecule has 1 aliphatic heterocycles. The molecule has 27 heavy (non-hydrogen) atoms. The highest BCUT2D eigenvalue weighted by molar-refractivity contribution is 7.89. The summed E-state index contributed by atoms with van der Waals surface area (Å²) < 4.78 is 27.1. The summed E-state index contributed by atoms with van der Waals surface area (Å²) in [5.74, 6) is -1.83. The number of hydrogen-bond donors (Lipinski definition) is 1. The van der Waals surface area contributed by atoms with Crippen LogP contribution >= 0.6 is 0 Å². The number of carboxylic acids is 1. The minimum absolute atomic E-state index is 0.0859. The third-order valence-corrected chi connectivity index (χ3v) is 7.44. The molecule has 8 heteroatoms. The molecule has 1 N–H and O–H groups in total. The fourth-order valence-electron chi connectivity index (χ4n) is 3.47. The summed E-state index contributed by atoms with van der Waals surface area (Å²) in [5.41, 5.74) is 0.845. The van der Waals surface area contributed by atoms with Gasteiger partial charge in [0.25, 0.3) is 5.91 Å². The Morgan fingerprint density at radius 2 is 1.85 bits per heavy atom. The number of hydrogen-bond acceptors (Lipinski definition) is 4. The third-order valence-electron chi connectivity index (χ3n) is 5.25. The molecule has 2 atom stereocenters. The maximum atomic E-state index is 13.0. The monoisotopic (exact) mass is 396 g/mol. The molecule has 7 nitrogen and oxygen atoms in total. The lowest BCUT2D eigenvalue weighted by Crippen LogP contribution is -2.47. The Labute approximate surface area is 161 Å². The van der Waals surface area contributed by atoms with Crippen molar-refractivity contribution < 1.29 is 23.1 Å². The molecule has 1 amide bonds. The fourth-order valence-corrected chi connectivity index (χ4v) is 5.18. The highest BCUT2D eigenvalue weighted by Crippen LogP contribution is 2.26. The van der Waals surface area contributed by atoms with Crippen LogP contribution in [0.25, 0.3) is 0 Å². The molecule has 2 rings (SSSR count). The minimum Gasteiger partial charge on any atom is -0.481 e. The highest BCUT2D eigenvalue weighted by Gasteiger charge is 2.33. The second-order valence-electron chi connectivity index (χ2n) is 6.99. The van der Waals surface area contributed by atoms with Gasteiger partial charge in [0.1, 0.15) is 0 Å². The van der Waals surface area contributed by atoms with Gasteiger partial charge in [-0.2, -0.15) is 4.31 Å².